The predicted molar refractivity (Wildman–Crippen MR) is 81.0 cm³/mol. The van der Waals surface area contributed by atoms with E-state index in [2.05, 4.69) is 52.0 Å². The predicted octanol–water partition coefficient (Wildman–Crippen LogP) is 3.46. The zero-order chi connectivity index (χ0) is 13.8. The van der Waals surface area contributed by atoms with E-state index < -0.39 is 0 Å². The third-order valence-corrected chi connectivity index (χ3v) is 4.22. The van der Waals surface area contributed by atoms with E-state index in [1.165, 1.54) is 0 Å². The molecule has 0 bridgehead atoms. The van der Waals surface area contributed by atoms with Crippen LogP contribution in [0.3, 0.4) is 0 Å². The van der Waals surface area contributed by atoms with Gasteiger partial charge in [-0.05, 0) is 15.9 Å². The van der Waals surface area contributed by atoms with E-state index in [1.54, 1.807) is 7.11 Å². The SMILES string of the molecule is CNc1nc(CSC(C)(C)C)nc(COC)c1Br. The summed E-state index contributed by atoms with van der Waals surface area (Å²) in [7, 11) is 3.52. The van der Waals surface area contributed by atoms with E-state index in [0.717, 1.165) is 27.6 Å². The van der Waals surface area contributed by atoms with Gasteiger partial charge in [-0.2, -0.15) is 0 Å². The molecule has 6 heteroatoms. The van der Waals surface area contributed by atoms with Gasteiger partial charge < -0.3 is 10.1 Å². The number of aromatic nitrogens is 2. The van der Waals surface area contributed by atoms with Gasteiger partial charge in [0.15, 0.2) is 0 Å². The zero-order valence-electron chi connectivity index (χ0n) is 11.5. The van der Waals surface area contributed by atoms with Crippen molar-refractivity contribution in [2.24, 2.45) is 0 Å². The topological polar surface area (TPSA) is 47.0 Å². The number of ether oxygens (including phenoxy) is 1. The maximum absolute atomic E-state index is 5.15. The Morgan fingerprint density at radius 3 is 2.50 bits per heavy atom. The summed E-state index contributed by atoms with van der Waals surface area (Å²) < 4.78 is 6.23. The summed E-state index contributed by atoms with van der Waals surface area (Å²) in [5.41, 5.74) is 0.876. The van der Waals surface area contributed by atoms with Crippen LogP contribution in [0.5, 0.6) is 0 Å². The first-order valence-electron chi connectivity index (χ1n) is 5.73. The fourth-order valence-corrected chi connectivity index (χ4v) is 2.47. The molecule has 18 heavy (non-hydrogen) atoms. The summed E-state index contributed by atoms with van der Waals surface area (Å²) in [6, 6.07) is 0. The molecule has 1 aromatic heterocycles. The average Bonchev–Trinajstić information content (AvgIpc) is 2.29. The Kier molecular flexibility index (Phi) is 5.88. The van der Waals surface area contributed by atoms with Gasteiger partial charge in [-0.25, -0.2) is 9.97 Å². The van der Waals surface area contributed by atoms with Gasteiger partial charge in [0.25, 0.3) is 0 Å². The average molecular weight is 334 g/mol. The highest BCUT2D eigenvalue weighted by molar-refractivity contribution is 9.10. The number of hydrogen-bond donors (Lipinski definition) is 1. The van der Waals surface area contributed by atoms with Gasteiger partial charge in [-0.15, -0.1) is 11.8 Å². The first-order valence-corrected chi connectivity index (χ1v) is 7.51. The lowest BCUT2D eigenvalue weighted by molar-refractivity contribution is 0.180. The molecule has 0 spiro atoms. The summed E-state index contributed by atoms with van der Waals surface area (Å²) in [5, 5.41) is 3.07. The van der Waals surface area contributed by atoms with Crippen molar-refractivity contribution in [3.63, 3.8) is 0 Å². The van der Waals surface area contributed by atoms with Crippen molar-refractivity contribution in [3.8, 4) is 0 Å². The van der Waals surface area contributed by atoms with E-state index in [1.807, 2.05) is 18.8 Å². The molecule has 0 saturated carbocycles. The van der Waals surface area contributed by atoms with Crippen molar-refractivity contribution in [3.05, 3.63) is 16.0 Å². The number of nitrogens with zero attached hydrogens (tertiary/aromatic N) is 2. The molecule has 4 nitrogen and oxygen atoms in total. The molecule has 0 saturated heterocycles. The molecule has 0 unspecified atom stereocenters. The number of halogens is 1. The highest BCUT2D eigenvalue weighted by Crippen LogP contribution is 2.29. The van der Waals surface area contributed by atoms with Crippen LogP contribution in [0.1, 0.15) is 32.3 Å². The summed E-state index contributed by atoms with van der Waals surface area (Å²) in [5.74, 6) is 2.43. The van der Waals surface area contributed by atoms with Crippen molar-refractivity contribution in [1.82, 2.24) is 9.97 Å². The van der Waals surface area contributed by atoms with Crippen LogP contribution in [-0.2, 0) is 17.1 Å². The third-order valence-electron chi connectivity index (χ3n) is 2.12. The molecule has 0 fully saturated rings. The summed E-state index contributed by atoms with van der Waals surface area (Å²) >= 11 is 5.32. The molecule has 102 valence electrons. The molecule has 1 N–H and O–H groups in total. The fraction of sp³-hybridized carbons (Fsp3) is 0.667. The van der Waals surface area contributed by atoms with Gasteiger partial charge in [-0.1, -0.05) is 20.8 Å². The van der Waals surface area contributed by atoms with Crippen molar-refractivity contribution < 1.29 is 4.74 Å². The van der Waals surface area contributed by atoms with Crippen LogP contribution < -0.4 is 5.32 Å². The first-order chi connectivity index (χ1) is 8.37. The minimum Gasteiger partial charge on any atom is -0.378 e. The molecule has 1 aromatic rings. The number of methoxy groups -OCH3 is 1. The van der Waals surface area contributed by atoms with Crippen molar-refractivity contribution >= 4 is 33.5 Å². The van der Waals surface area contributed by atoms with E-state index in [-0.39, 0.29) is 4.75 Å². The second-order valence-electron chi connectivity index (χ2n) is 4.83. The number of thioether (sulfide) groups is 1. The molecule has 0 aromatic carbocycles. The van der Waals surface area contributed by atoms with E-state index in [4.69, 9.17) is 4.74 Å². The van der Waals surface area contributed by atoms with Gasteiger partial charge in [0.2, 0.25) is 0 Å². The van der Waals surface area contributed by atoms with E-state index >= 15 is 0 Å². The number of anilines is 1. The molecule has 0 aliphatic heterocycles. The van der Waals surface area contributed by atoms with Crippen molar-refractivity contribution in [1.29, 1.82) is 0 Å². The minimum absolute atomic E-state index is 0.206. The first kappa shape index (κ1) is 15.7. The molecule has 0 aliphatic rings. The number of hydrogen-bond acceptors (Lipinski definition) is 5. The zero-order valence-corrected chi connectivity index (χ0v) is 13.9. The van der Waals surface area contributed by atoms with Crippen LogP contribution in [0.15, 0.2) is 4.47 Å². The van der Waals surface area contributed by atoms with Crippen LogP contribution in [-0.4, -0.2) is 28.9 Å². The maximum atomic E-state index is 5.15. The minimum atomic E-state index is 0.206. The Bertz CT molecular complexity index is 407. The van der Waals surface area contributed by atoms with Crippen molar-refractivity contribution in [2.45, 2.75) is 37.9 Å². The van der Waals surface area contributed by atoms with Gasteiger partial charge in [0.05, 0.1) is 22.5 Å². The van der Waals surface area contributed by atoms with Crippen LogP contribution in [0.25, 0.3) is 0 Å². The van der Waals surface area contributed by atoms with Crippen LogP contribution >= 0.6 is 27.7 Å². The van der Waals surface area contributed by atoms with E-state index in [0.29, 0.717) is 6.61 Å². The highest BCUT2D eigenvalue weighted by atomic mass is 79.9. The van der Waals surface area contributed by atoms with Gasteiger partial charge in [0, 0.05) is 18.9 Å². The maximum Gasteiger partial charge on any atom is 0.144 e. The standard InChI is InChI=1S/C12H20BrN3OS/c1-12(2,3)18-7-9-15-8(6-17-5)10(13)11(14-4)16-9/h6-7H2,1-5H3,(H,14,15,16). The molecule has 1 rings (SSSR count). The van der Waals surface area contributed by atoms with Crippen LogP contribution in [0.2, 0.25) is 0 Å². The Balaban J connectivity index is 2.95. The lowest BCUT2D eigenvalue weighted by atomic mass is 10.3. The second kappa shape index (κ2) is 6.73. The van der Waals surface area contributed by atoms with Crippen molar-refractivity contribution in [2.75, 3.05) is 19.5 Å². The van der Waals surface area contributed by atoms with Gasteiger partial charge in [0.1, 0.15) is 11.6 Å². The molecule has 0 amide bonds. The lowest BCUT2D eigenvalue weighted by Gasteiger charge is -2.17. The Labute approximate surface area is 121 Å². The Hall–Kier alpha value is -0.330. The molecular formula is C12H20BrN3OS. The summed E-state index contributed by atoms with van der Waals surface area (Å²) in [6.45, 7) is 7.04. The molecular weight excluding hydrogens is 314 g/mol. The van der Waals surface area contributed by atoms with Crippen LogP contribution in [0, 0.1) is 0 Å². The summed E-state index contributed by atoms with van der Waals surface area (Å²) in [6.07, 6.45) is 0. The molecule has 0 aliphatic carbocycles. The molecule has 0 radical (unpaired) electrons. The third kappa shape index (κ3) is 4.74. The quantitative estimate of drug-likeness (QED) is 0.894. The van der Waals surface area contributed by atoms with Gasteiger partial charge >= 0.3 is 0 Å². The molecule has 1 heterocycles. The molecule has 0 atom stereocenters. The normalized spacial score (nSPS) is 11.7. The Morgan fingerprint density at radius 2 is 2.00 bits per heavy atom. The second-order valence-corrected chi connectivity index (χ2v) is 7.43. The largest absolute Gasteiger partial charge is 0.378 e. The van der Waals surface area contributed by atoms with Crippen LogP contribution in [0.4, 0.5) is 5.82 Å². The Morgan fingerprint density at radius 1 is 1.33 bits per heavy atom. The number of rotatable bonds is 5. The van der Waals surface area contributed by atoms with Gasteiger partial charge in [-0.3, -0.25) is 0 Å². The smallest absolute Gasteiger partial charge is 0.144 e. The van der Waals surface area contributed by atoms with E-state index in [9.17, 15) is 0 Å². The summed E-state index contributed by atoms with van der Waals surface area (Å²) in [4.78, 5) is 9.02. The number of nitrogens with one attached hydrogen (secondary N) is 1. The highest BCUT2D eigenvalue weighted by Gasteiger charge is 2.15. The lowest BCUT2D eigenvalue weighted by Crippen LogP contribution is -2.10. The fourth-order valence-electron chi connectivity index (χ4n) is 1.29. The monoisotopic (exact) mass is 333 g/mol.